The first kappa shape index (κ1) is 18.3. The quantitative estimate of drug-likeness (QED) is 0.354. The van der Waals surface area contributed by atoms with E-state index >= 15 is 0 Å². The van der Waals surface area contributed by atoms with Gasteiger partial charge in [-0.1, -0.05) is 54.1 Å². The molecule has 2 N–H and O–H groups in total. The molecule has 0 aliphatic carbocycles. The molecule has 27 heavy (non-hydrogen) atoms. The monoisotopic (exact) mass is 378 g/mol. The largest absolute Gasteiger partial charge is 0.505 e. The number of amides is 1. The van der Waals surface area contributed by atoms with Crippen LogP contribution in [-0.4, -0.2) is 16.0 Å². The molecule has 0 aliphatic heterocycles. The van der Waals surface area contributed by atoms with E-state index in [4.69, 9.17) is 11.6 Å². The molecule has 0 bridgehead atoms. The fourth-order valence-corrected chi connectivity index (χ4v) is 2.37. The van der Waals surface area contributed by atoms with Gasteiger partial charge in [0.05, 0.1) is 16.9 Å². The third kappa shape index (κ3) is 4.77. The van der Waals surface area contributed by atoms with Crippen molar-refractivity contribution in [3.8, 4) is 0 Å². The number of carbonyl (C=O) groups excluding carboxylic acids is 1. The van der Waals surface area contributed by atoms with Crippen molar-refractivity contribution in [2.24, 2.45) is 10.2 Å². The Morgan fingerprint density at radius 3 is 2.44 bits per heavy atom. The first-order chi connectivity index (χ1) is 13.1. The van der Waals surface area contributed by atoms with E-state index in [1.165, 1.54) is 6.20 Å². The molecule has 0 unspecified atom stereocenters. The molecule has 1 heterocycles. The molecule has 0 saturated heterocycles. The van der Waals surface area contributed by atoms with E-state index in [9.17, 15) is 9.90 Å². The van der Waals surface area contributed by atoms with Crippen LogP contribution in [0.5, 0.6) is 0 Å². The zero-order valence-corrected chi connectivity index (χ0v) is 14.8. The van der Waals surface area contributed by atoms with Gasteiger partial charge in [0.15, 0.2) is 11.5 Å². The van der Waals surface area contributed by atoms with Crippen molar-refractivity contribution in [3.63, 3.8) is 0 Å². The van der Waals surface area contributed by atoms with Gasteiger partial charge in [-0.2, -0.15) is 0 Å². The van der Waals surface area contributed by atoms with Gasteiger partial charge in [0.1, 0.15) is 5.69 Å². The molecular weight excluding hydrogens is 364 g/mol. The molecule has 0 radical (unpaired) electrons. The Morgan fingerprint density at radius 1 is 1.00 bits per heavy atom. The summed E-state index contributed by atoms with van der Waals surface area (Å²) in [5.41, 5.74) is 1.04. The summed E-state index contributed by atoms with van der Waals surface area (Å²) < 4.78 is 0. The fraction of sp³-hybridized carbons (Fsp3) is 0. The molecule has 0 atom stereocenters. The Balaban J connectivity index is 1.98. The Morgan fingerprint density at radius 2 is 1.74 bits per heavy atom. The number of nitrogens with zero attached hydrogens (tertiary/aromatic N) is 3. The van der Waals surface area contributed by atoms with Crippen LogP contribution in [0.3, 0.4) is 0 Å². The molecule has 0 saturated carbocycles. The number of aromatic nitrogens is 1. The van der Waals surface area contributed by atoms with Crippen LogP contribution in [0.1, 0.15) is 5.56 Å². The summed E-state index contributed by atoms with van der Waals surface area (Å²) in [6.07, 6.45) is 3.07. The lowest BCUT2D eigenvalue weighted by atomic mass is 10.1. The van der Waals surface area contributed by atoms with E-state index in [1.54, 1.807) is 72.9 Å². The third-order valence-corrected chi connectivity index (χ3v) is 3.84. The molecule has 0 aliphatic rings. The highest BCUT2D eigenvalue weighted by molar-refractivity contribution is 6.32. The average Bonchev–Trinajstić information content (AvgIpc) is 2.70. The summed E-state index contributed by atoms with van der Waals surface area (Å²) in [6, 6.07) is 18.8. The van der Waals surface area contributed by atoms with Gasteiger partial charge >= 0.3 is 0 Å². The summed E-state index contributed by atoms with van der Waals surface area (Å²) in [4.78, 5) is 16.6. The van der Waals surface area contributed by atoms with E-state index < -0.39 is 5.91 Å². The number of rotatable bonds is 5. The lowest BCUT2D eigenvalue weighted by molar-refractivity contribution is -0.112. The van der Waals surface area contributed by atoms with Gasteiger partial charge in [-0.3, -0.25) is 9.78 Å². The smallest absolute Gasteiger partial charge is 0.280 e. The molecule has 2 aromatic carbocycles. The van der Waals surface area contributed by atoms with Crippen molar-refractivity contribution < 1.29 is 9.90 Å². The summed E-state index contributed by atoms with van der Waals surface area (Å²) in [5.74, 6) is -0.923. The van der Waals surface area contributed by atoms with Gasteiger partial charge in [0.2, 0.25) is 0 Å². The lowest BCUT2D eigenvalue weighted by Crippen LogP contribution is -2.15. The van der Waals surface area contributed by atoms with E-state index in [1.807, 2.05) is 0 Å². The van der Waals surface area contributed by atoms with Gasteiger partial charge in [-0.15, -0.1) is 10.2 Å². The van der Waals surface area contributed by atoms with E-state index in [0.717, 1.165) is 0 Å². The number of hydrogen-bond acceptors (Lipinski definition) is 5. The standard InChI is InChI=1S/C20H15ClN4O2/c21-16-10-4-5-11-17(16)24-25-18(19(26)14-7-2-1-3-8-14)20(27)23-15-9-6-12-22-13-15/h1-13,26H,(H,23,27). The van der Waals surface area contributed by atoms with Gasteiger partial charge in [0.25, 0.3) is 5.91 Å². The highest BCUT2D eigenvalue weighted by Crippen LogP contribution is 2.26. The Labute approximate surface area is 160 Å². The molecule has 3 rings (SSSR count). The maximum atomic E-state index is 12.7. The molecule has 1 aromatic heterocycles. The molecule has 134 valence electrons. The van der Waals surface area contributed by atoms with E-state index in [2.05, 4.69) is 20.5 Å². The second-order valence-electron chi connectivity index (χ2n) is 5.41. The lowest BCUT2D eigenvalue weighted by Gasteiger charge is -2.07. The SMILES string of the molecule is O=C(Nc1cccnc1)C(N=Nc1ccccc1Cl)=C(O)c1ccccc1. The summed E-state index contributed by atoms with van der Waals surface area (Å²) in [5, 5.41) is 21.6. The van der Waals surface area contributed by atoms with Crippen LogP contribution in [-0.2, 0) is 4.79 Å². The minimum Gasteiger partial charge on any atom is -0.505 e. The second-order valence-corrected chi connectivity index (χ2v) is 5.82. The zero-order valence-electron chi connectivity index (χ0n) is 14.1. The van der Waals surface area contributed by atoms with Crippen LogP contribution in [0.4, 0.5) is 11.4 Å². The van der Waals surface area contributed by atoms with Crippen molar-refractivity contribution in [2.45, 2.75) is 0 Å². The van der Waals surface area contributed by atoms with Crippen LogP contribution < -0.4 is 5.32 Å². The molecular formula is C20H15ClN4O2. The van der Waals surface area contributed by atoms with Crippen LogP contribution in [0.25, 0.3) is 5.76 Å². The number of anilines is 1. The van der Waals surface area contributed by atoms with Crippen LogP contribution in [0.2, 0.25) is 5.02 Å². The minimum absolute atomic E-state index is 0.245. The van der Waals surface area contributed by atoms with Crippen LogP contribution in [0.15, 0.2) is 95.0 Å². The second kappa shape index (κ2) is 8.73. The van der Waals surface area contributed by atoms with Gasteiger partial charge in [-0.25, -0.2) is 0 Å². The van der Waals surface area contributed by atoms with Gasteiger partial charge < -0.3 is 10.4 Å². The Hall–Kier alpha value is -3.51. The maximum absolute atomic E-state index is 12.7. The molecule has 3 aromatic rings. The first-order valence-corrected chi connectivity index (χ1v) is 8.39. The molecule has 6 nitrogen and oxygen atoms in total. The summed E-state index contributed by atoms with van der Waals surface area (Å²) >= 11 is 6.07. The minimum atomic E-state index is -0.625. The number of aliphatic hydroxyl groups is 1. The predicted octanol–water partition coefficient (Wildman–Crippen LogP) is 5.38. The first-order valence-electron chi connectivity index (χ1n) is 8.01. The molecule has 7 heteroatoms. The Kier molecular flexibility index (Phi) is 5.91. The molecule has 1 amide bonds. The number of pyridine rings is 1. The number of carbonyl (C=O) groups is 1. The summed E-state index contributed by atoms with van der Waals surface area (Å²) in [6.45, 7) is 0. The Bertz CT molecular complexity index is 989. The fourth-order valence-electron chi connectivity index (χ4n) is 2.20. The van der Waals surface area contributed by atoms with Gasteiger partial charge in [0, 0.05) is 11.8 Å². The molecule has 0 fully saturated rings. The van der Waals surface area contributed by atoms with Crippen molar-refractivity contribution in [1.82, 2.24) is 4.98 Å². The number of nitrogens with one attached hydrogen (secondary N) is 1. The number of aliphatic hydroxyl groups excluding tert-OH is 1. The highest BCUT2D eigenvalue weighted by atomic mass is 35.5. The summed E-state index contributed by atoms with van der Waals surface area (Å²) in [7, 11) is 0. The topological polar surface area (TPSA) is 86.9 Å². The maximum Gasteiger partial charge on any atom is 0.280 e. The third-order valence-electron chi connectivity index (χ3n) is 3.52. The van der Waals surface area contributed by atoms with Crippen molar-refractivity contribution in [2.75, 3.05) is 5.32 Å². The normalized spacial score (nSPS) is 11.9. The van der Waals surface area contributed by atoms with Crippen LogP contribution >= 0.6 is 11.6 Å². The van der Waals surface area contributed by atoms with E-state index in [-0.39, 0.29) is 11.5 Å². The highest BCUT2D eigenvalue weighted by Gasteiger charge is 2.17. The van der Waals surface area contributed by atoms with Crippen LogP contribution in [0, 0.1) is 0 Å². The average molecular weight is 379 g/mol. The van der Waals surface area contributed by atoms with Crippen molar-refractivity contribution in [1.29, 1.82) is 0 Å². The van der Waals surface area contributed by atoms with Crippen molar-refractivity contribution in [3.05, 3.63) is 95.4 Å². The predicted molar refractivity (Wildman–Crippen MR) is 105 cm³/mol. The number of benzene rings is 2. The van der Waals surface area contributed by atoms with E-state index in [0.29, 0.717) is 22.0 Å². The molecule has 0 spiro atoms. The van der Waals surface area contributed by atoms with Gasteiger partial charge in [-0.05, 0) is 24.3 Å². The zero-order chi connectivity index (χ0) is 19.1. The van der Waals surface area contributed by atoms with Crippen molar-refractivity contribution >= 4 is 34.6 Å². The number of halogens is 1. The number of hydrogen-bond donors (Lipinski definition) is 2. The number of azo groups is 1.